The highest BCUT2D eigenvalue weighted by atomic mass is 19.4. The van der Waals surface area contributed by atoms with Crippen LogP contribution in [0.1, 0.15) is 38.7 Å². The molecule has 138 valence electrons. The summed E-state index contributed by atoms with van der Waals surface area (Å²) in [6.45, 7) is 4.02. The molecule has 1 N–H and O–H groups in total. The minimum atomic E-state index is -4.53. The third kappa shape index (κ3) is 4.64. The molecule has 0 bridgehead atoms. The third-order valence-corrected chi connectivity index (χ3v) is 3.99. The Morgan fingerprint density at radius 2 is 2.08 bits per heavy atom. The smallest absolute Gasteiger partial charge is 0.416 e. The van der Waals surface area contributed by atoms with E-state index in [1.807, 2.05) is 6.92 Å². The zero-order valence-corrected chi connectivity index (χ0v) is 14.2. The van der Waals surface area contributed by atoms with Crippen molar-refractivity contribution >= 4 is 17.5 Å². The van der Waals surface area contributed by atoms with Gasteiger partial charge in [0.1, 0.15) is 11.8 Å². The molecule has 1 fully saturated rings. The summed E-state index contributed by atoms with van der Waals surface area (Å²) in [5.41, 5.74) is -0.912. The molecule has 2 rings (SSSR count). The van der Waals surface area contributed by atoms with Crippen molar-refractivity contribution in [2.75, 3.05) is 18.5 Å². The zero-order chi connectivity index (χ0) is 18.6. The average molecular weight is 358 g/mol. The van der Waals surface area contributed by atoms with Crippen LogP contribution in [0.25, 0.3) is 0 Å². The number of carbonyl (C=O) groups excluding carboxylic acids is 2. The van der Waals surface area contributed by atoms with Crippen molar-refractivity contribution in [2.24, 2.45) is 0 Å². The fraction of sp³-hybridized carbons (Fsp3) is 0.529. The molecule has 0 saturated carbocycles. The van der Waals surface area contributed by atoms with Crippen LogP contribution in [-0.2, 0) is 15.8 Å². The Morgan fingerprint density at radius 3 is 2.68 bits per heavy atom. The largest absolute Gasteiger partial charge is 0.491 e. The van der Waals surface area contributed by atoms with Crippen LogP contribution in [0.5, 0.6) is 5.75 Å². The second-order valence-corrected chi connectivity index (χ2v) is 5.92. The molecule has 0 aliphatic carbocycles. The molecule has 1 heterocycles. The van der Waals surface area contributed by atoms with E-state index >= 15 is 0 Å². The van der Waals surface area contributed by atoms with E-state index in [1.165, 1.54) is 17.9 Å². The molecular formula is C17H21F3N2O3. The van der Waals surface area contributed by atoms with E-state index < -0.39 is 23.7 Å². The summed E-state index contributed by atoms with van der Waals surface area (Å²) in [6.07, 6.45) is -2.69. The fourth-order valence-corrected chi connectivity index (χ4v) is 2.77. The lowest BCUT2D eigenvalue weighted by molar-refractivity contribution is -0.137. The van der Waals surface area contributed by atoms with E-state index in [1.54, 1.807) is 0 Å². The summed E-state index contributed by atoms with van der Waals surface area (Å²) in [7, 11) is 0. The van der Waals surface area contributed by atoms with Crippen molar-refractivity contribution in [1.82, 2.24) is 4.90 Å². The first-order chi connectivity index (χ1) is 11.7. The number of ether oxygens (including phenoxy) is 1. The van der Waals surface area contributed by atoms with Gasteiger partial charge in [-0.05, 0) is 37.5 Å². The molecule has 1 atom stereocenters. The standard InChI is InChI=1S/C17H21F3N2O3/c1-3-9-25-15-7-6-12(17(18,19)20)10-13(15)21-16(24)14-5-4-8-22(14)11(2)23/h6-7,10,14H,3-5,8-9H2,1-2H3,(H,21,24). The quantitative estimate of drug-likeness (QED) is 0.877. The lowest BCUT2D eigenvalue weighted by Gasteiger charge is -2.23. The van der Waals surface area contributed by atoms with E-state index in [0.717, 1.165) is 12.1 Å². The van der Waals surface area contributed by atoms with E-state index in [4.69, 9.17) is 4.74 Å². The highest BCUT2D eigenvalue weighted by Crippen LogP contribution is 2.35. The number of nitrogens with one attached hydrogen (secondary N) is 1. The Labute approximate surface area is 144 Å². The van der Waals surface area contributed by atoms with Crippen LogP contribution in [-0.4, -0.2) is 35.9 Å². The summed E-state index contributed by atoms with van der Waals surface area (Å²) in [4.78, 5) is 25.5. The second kappa shape index (κ2) is 7.76. The van der Waals surface area contributed by atoms with Crippen molar-refractivity contribution in [2.45, 2.75) is 45.3 Å². The summed E-state index contributed by atoms with van der Waals surface area (Å²) in [6, 6.07) is 2.30. The first-order valence-electron chi connectivity index (χ1n) is 8.16. The summed E-state index contributed by atoms with van der Waals surface area (Å²) in [5, 5.41) is 2.50. The Bertz CT molecular complexity index is 647. The van der Waals surface area contributed by atoms with Crippen molar-refractivity contribution in [3.05, 3.63) is 23.8 Å². The molecule has 0 aromatic heterocycles. The summed E-state index contributed by atoms with van der Waals surface area (Å²) < 4.78 is 44.3. The predicted octanol–water partition coefficient (Wildman–Crippen LogP) is 3.44. The topological polar surface area (TPSA) is 58.6 Å². The van der Waals surface area contributed by atoms with Crippen LogP contribution in [0.3, 0.4) is 0 Å². The molecule has 1 aliphatic rings. The maximum absolute atomic E-state index is 13.0. The molecule has 2 amide bonds. The fourth-order valence-electron chi connectivity index (χ4n) is 2.77. The van der Waals surface area contributed by atoms with E-state index in [0.29, 0.717) is 32.4 Å². The Hall–Kier alpha value is -2.25. The number of halogens is 3. The van der Waals surface area contributed by atoms with Crippen LogP contribution in [0, 0.1) is 0 Å². The van der Waals surface area contributed by atoms with Gasteiger partial charge in [-0.25, -0.2) is 0 Å². The molecule has 5 nitrogen and oxygen atoms in total. The third-order valence-electron chi connectivity index (χ3n) is 3.99. The molecular weight excluding hydrogens is 337 g/mol. The van der Waals surface area contributed by atoms with Gasteiger partial charge in [0.05, 0.1) is 17.9 Å². The molecule has 1 aromatic carbocycles. The van der Waals surface area contributed by atoms with Gasteiger partial charge in [-0.15, -0.1) is 0 Å². The SMILES string of the molecule is CCCOc1ccc(C(F)(F)F)cc1NC(=O)C1CCCN1C(C)=O. The minimum Gasteiger partial charge on any atom is -0.491 e. The van der Waals surface area contributed by atoms with Crippen LogP contribution in [0.15, 0.2) is 18.2 Å². The lowest BCUT2D eigenvalue weighted by Crippen LogP contribution is -2.42. The number of hydrogen-bond donors (Lipinski definition) is 1. The van der Waals surface area contributed by atoms with Gasteiger partial charge in [0.2, 0.25) is 11.8 Å². The van der Waals surface area contributed by atoms with E-state index in [2.05, 4.69) is 5.32 Å². The number of alkyl halides is 3. The van der Waals surface area contributed by atoms with Crippen LogP contribution in [0.2, 0.25) is 0 Å². The number of carbonyl (C=O) groups is 2. The molecule has 1 unspecified atom stereocenters. The summed E-state index contributed by atoms with van der Waals surface area (Å²) in [5.74, 6) is -0.562. The maximum Gasteiger partial charge on any atom is 0.416 e. The van der Waals surface area contributed by atoms with Crippen LogP contribution < -0.4 is 10.1 Å². The maximum atomic E-state index is 13.0. The molecule has 0 spiro atoms. The summed E-state index contributed by atoms with van der Waals surface area (Å²) >= 11 is 0. The van der Waals surface area contributed by atoms with E-state index in [-0.39, 0.29) is 17.3 Å². The molecule has 0 radical (unpaired) electrons. The Balaban J connectivity index is 2.25. The Kier molecular flexibility index (Phi) is 5.92. The molecule has 1 saturated heterocycles. The van der Waals surface area contributed by atoms with Gasteiger partial charge in [0.15, 0.2) is 0 Å². The van der Waals surface area contributed by atoms with Crippen LogP contribution >= 0.6 is 0 Å². The van der Waals surface area contributed by atoms with Crippen LogP contribution in [0.4, 0.5) is 18.9 Å². The predicted molar refractivity (Wildman–Crippen MR) is 86.3 cm³/mol. The number of hydrogen-bond acceptors (Lipinski definition) is 3. The van der Waals surface area contributed by atoms with Gasteiger partial charge in [-0.1, -0.05) is 6.92 Å². The molecule has 25 heavy (non-hydrogen) atoms. The number of amides is 2. The highest BCUT2D eigenvalue weighted by Gasteiger charge is 2.34. The number of likely N-dealkylation sites (tertiary alicyclic amines) is 1. The molecule has 1 aromatic rings. The van der Waals surface area contributed by atoms with Gasteiger partial charge >= 0.3 is 6.18 Å². The zero-order valence-electron chi connectivity index (χ0n) is 14.2. The monoisotopic (exact) mass is 358 g/mol. The average Bonchev–Trinajstić information content (AvgIpc) is 3.02. The Morgan fingerprint density at radius 1 is 1.36 bits per heavy atom. The highest BCUT2D eigenvalue weighted by molar-refractivity contribution is 5.98. The normalized spacial score (nSPS) is 17.5. The minimum absolute atomic E-state index is 0.0383. The van der Waals surface area contributed by atoms with Crippen molar-refractivity contribution in [3.63, 3.8) is 0 Å². The van der Waals surface area contributed by atoms with Crippen molar-refractivity contribution < 1.29 is 27.5 Å². The molecule has 1 aliphatic heterocycles. The van der Waals surface area contributed by atoms with Crippen molar-refractivity contribution in [3.8, 4) is 5.75 Å². The van der Waals surface area contributed by atoms with Gasteiger partial charge in [0, 0.05) is 13.5 Å². The second-order valence-electron chi connectivity index (χ2n) is 5.92. The van der Waals surface area contributed by atoms with E-state index in [9.17, 15) is 22.8 Å². The van der Waals surface area contributed by atoms with Gasteiger partial charge < -0.3 is 15.0 Å². The number of nitrogens with zero attached hydrogens (tertiary/aromatic N) is 1. The molecule has 8 heteroatoms. The number of rotatable bonds is 5. The van der Waals surface area contributed by atoms with Gasteiger partial charge in [0.25, 0.3) is 0 Å². The first-order valence-corrected chi connectivity index (χ1v) is 8.16. The lowest BCUT2D eigenvalue weighted by atomic mass is 10.1. The van der Waals surface area contributed by atoms with Crippen molar-refractivity contribution in [1.29, 1.82) is 0 Å². The van der Waals surface area contributed by atoms with Gasteiger partial charge in [-0.2, -0.15) is 13.2 Å². The van der Waals surface area contributed by atoms with Gasteiger partial charge in [-0.3, -0.25) is 9.59 Å². The number of benzene rings is 1. The first kappa shape index (κ1) is 19.1. The number of anilines is 1.